The SMILES string of the molecule is CCOC(C)(CC)C(=O)c1ccc(F)c(C)c1. The summed E-state index contributed by atoms with van der Waals surface area (Å²) in [5, 5.41) is 0. The number of benzene rings is 1. The molecule has 1 aromatic rings. The molecule has 0 amide bonds. The molecule has 0 N–H and O–H groups in total. The van der Waals surface area contributed by atoms with E-state index in [2.05, 4.69) is 0 Å². The van der Waals surface area contributed by atoms with Crippen molar-refractivity contribution in [3.05, 3.63) is 35.1 Å². The van der Waals surface area contributed by atoms with Crippen molar-refractivity contribution in [1.29, 1.82) is 0 Å². The number of carbonyl (C=O) groups is 1. The number of hydrogen-bond acceptors (Lipinski definition) is 2. The molecule has 0 aliphatic rings. The van der Waals surface area contributed by atoms with E-state index in [1.54, 1.807) is 19.9 Å². The molecule has 17 heavy (non-hydrogen) atoms. The zero-order chi connectivity index (χ0) is 13.1. The van der Waals surface area contributed by atoms with Crippen molar-refractivity contribution in [3.8, 4) is 0 Å². The molecule has 1 unspecified atom stereocenters. The maximum absolute atomic E-state index is 13.1. The van der Waals surface area contributed by atoms with Crippen LogP contribution in [0.25, 0.3) is 0 Å². The standard InChI is InChI=1S/C14H19FO2/c1-5-14(4,17-6-2)13(16)11-7-8-12(15)10(3)9-11/h7-9H,5-6H2,1-4H3. The lowest BCUT2D eigenvalue weighted by molar-refractivity contribution is -0.0116. The van der Waals surface area contributed by atoms with Gasteiger partial charge >= 0.3 is 0 Å². The van der Waals surface area contributed by atoms with E-state index < -0.39 is 5.60 Å². The fraction of sp³-hybridized carbons (Fsp3) is 0.500. The van der Waals surface area contributed by atoms with Gasteiger partial charge in [0, 0.05) is 12.2 Å². The van der Waals surface area contributed by atoms with Crippen LogP contribution in [0.3, 0.4) is 0 Å². The molecule has 94 valence electrons. The largest absolute Gasteiger partial charge is 0.367 e. The Morgan fingerprint density at radius 3 is 2.53 bits per heavy atom. The monoisotopic (exact) mass is 238 g/mol. The molecule has 0 heterocycles. The summed E-state index contributed by atoms with van der Waals surface area (Å²) in [6.45, 7) is 7.67. The van der Waals surface area contributed by atoms with E-state index in [1.807, 2.05) is 13.8 Å². The van der Waals surface area contributed by atoms with Gasteiger partial charge in [-0.2, -0.15) is 0 Å². The van der Waals surface area contributed by atoms with Gasteiger partial charge in [-0.3, -0.25) is 4.79 Å². The van der Waals surface area contributed by atoms with Crippen LogP contribution in [0.4, 0.5) is 4.39 Å². The summed E-state index contributed by atoms with van der Waals surface area (Å²) in [6.07, 6.45) is 0.593. The number of ketones is 1. The molecule has 0 aliphatic heterocycles. The molecule has 1 aromatic carbocycles. The van der Waals surface area contributed by atoms with E-state index in [0.717, 1.165) is 0 Å². The Bertz CT molecular complexity index is 415. The van der Waals surface area contributed by atoms with E-state index >= 15 is 0 Å². The second-order valence-electron chi connectivity index (χ2n) is 4.31. The molecule has 0 fully saturated rings. The van der Waals surface area contributed by atoms with Gasteiger partial charge in [-0.05, 0) is 51.0 Å². The summed E-state index contributed by atoms with van der Waals surface area (Å²) in [6, 6.07) is 4.41. The zero-order valence-corrected chi connectivity index (χ0v) is 10.8. The van der Waals surface area contributed by atoms with Crippen molar-refractivity contribution in [2.24, 2.45) is 0 Å². The predicted octanol–water partition coefficient (Wildman–Crippen LogP) is 3.52. The number of ether oxygens (including phenoxy) is 1. The molecule has 0 saturated heterocycles. The van der Waals surface area contributed by atoms with Gasteiger partial charge in [0.25, 0.3) is 0 Å². The molecule has 3 heteroatoms. The van der Waals surface area contributed by atoms with Crippen LogP contribution in [-0.4, -0.2) is 18.0 Å². The summed E-state index contributed by atoms with van der Waals surface area (Å²) < 4.78 is 18.7. The van der Waals surface area contributed by atoms with E-state index in [0.29, 0.717) is 24.2 Å². The number of rotatable bonds is 5. The first kappa shape index (κ1) is 13.8. The fourth-order valence-corrected chi connectivity index (χ4v) is 1.74. The molecule has 1 rings (SSSR count). The number of hydrogen-bond donors (Lipinski definition) is 0. The highest BCUT2D eigenvalue weighted by atomic mass is 19.1. The van der Waals surface area contributed by atoms with Crippen molar-refractivity contribution in [2.45, 2.75) is 39.7 Å². The summed E-state index contributed by atoms with van der Waals surface area (Å²) >= 11 is 0. The Morgan fingerprint density at radius 1 is 1.41 bits per heavy atom. The van der Waals surface area contributed by atoms with Crippen molar-refractivity contribution >= 4 is 5.78 Å². The lowest BCUT2D eigenvalue weighted by Gasteiger charge is -2.26. The minimum atomic E-state index is -0.820. The highest BCUT2D eigenvalue weighted by Crippen LogP contribution is 2.22. The predicted molar refractivity (Wildman–Crippen MR) is 65.8 cm³/mol. The molecule has 0 aliphatic carbocycles. The highest BCUT2D eigenvalue weighted by Gasteiger charge is 2.32. The summed E-state index contributed by atoms with van der Waals surface area (Å²) in [5.74, 6) is -0.388. The van der Waals surface area contributed by atoms with E-state index in [9.17, 15) is 9.18 Å². The van der Waals surface area contributed by atoms with Crippen molar-refractivity contribution < 1.29 is 13.9 Å². The number of carbonyl (C=O) groups excluding carboxylic acids is 1. The molecule has 0 saturated carbocycles. The van der Waals surface area contributed by atoms with Crippen LogP contribution in [-0.2, 0) is 4.74 Å². The average Bonchev–Trinajstić information content (AvgIpc) is 2.32. The Labute approximate surface area is 102 Å². The van der Waals surface area contributed by atoms with Crippen LogP contribution in [0.15, 0.2) is 18.2 Å². The molecule has 0 spiro atoms. The summed E-state index contributed by atoms with van der Waals surface area (Å²) in [5.41, 5.74) is 0.159. The maximum Gasteiger partial charge on any atom is 0.194 e. The summed E-state index contributed by atoms with van der Waals surface area (Å²) in [7, 11) is 0. The molecule has 0 bridgehead atoms. The molecular weight excluding hydrogens is 219 g/mol. The van der Waals surface area contributed by atoms with Gasteiger partial charge in [0.05, 0.1) is 0 Å². The zero-order valence-electron chi connectivity index (χ0n) is 10.8. The first-order chi connectivity index (χ1) is 7.94. The second-order valence-corrected chi connectivity index (χ2v) is 4.31. The normalized spacial score (nSPS) is 14.4. The maximum atomic E-state index is 13.1. The van der Waals surface area contributed by atoms with Crippen LogP contribution < -0.4 is 0 Å². The Morgan fingerprint density at radius 2 is 2.06 bits per heavy atom. The third kappa shape index (κ3) is 2.91. The topological polar surface area (TPSA) is 26.3 Å². The van der Waals surface area contributed by atoms with Gasteiger partial charge < -0.3 is 4.74 Å². The quantitative estimate of drug-likeness (QED) is 0.734. The minimum Gasteiger partial charge on any atom is -0.367 e. The Kier molecular flexibility index (Phi) is 4.40. The van der Waals surface area contributed by atoms with Crippen LogP contribution in [0, 0.1) is 12.7 Å². The van der Waals surface area contributed by atoms with Crippen molar-refractivity contribution in [2.75, 3.05) is 6.61 Å². The first-order valence-corrected chi connectivity index (χ1v) is 5.89. The summed E-state index contributed by atoms with van der Waals surface area (Å²) in [4.78, 5) is 12.3. The number of aryl methyl sites for hydroxylation is 1. The van der Waals surface area contributed by atoms with Gasteiger partial charge in [-0.25, -0.2) is 4.39 Å². The third-order valence-electron chi connectivity index (χ3n) is 3.04. The minimum absolute atomic E-state index is 0.0926. The third-order valence-corrected chi connectivity index (χ3v) is 3.04. The molecule has 1 atom stereocenters. The first-order valence-electron chi connectivity index (χ1n) is 5.89. The van der Waals surface area contributed by atoms with Gasteiger partial charge in [-0.1, -0.05) is 6.92 Å². The van der Waals surface area contributed by atoms with Gasteiger partial charge in [0.2, 0.25) is 0 Å². The van der Waals surface area contributed by atoms with Crippen molar-refractivity contribution in [1.82, 2.24) is 0 Å². The van der Waals surface area contributed by atoms with Gasteiger partial charge in [-0.15, -0.1) is 0 Å². The molecule has 0 radical (unpaired) electrons. The van der Waals surface area contributed by atoms with E-state index in [-0.39, 0.29) is 11.6 Å². The lowest BCUT2D eigenvalue weighted by atomic mass is 9.91. The second kappa shape index (κ2) is 5.41. The van der Waals surface area contributed by atoms with Crippen LogP contribution in [0.1, 0.15) is 43.1 Å². The van der Waals surface area contributed by atoms with Crippen LogP contribution in [0.2, 0.25) is 0 Å². The fourth-order valence-electron chi connectivity index (χ4n) is 1.74. The lowest BCUT2D eigenvalue weighted by Crippen LogP contribution is -2.38. The van der Waals surface area contributed by atoms with Gasteiger partial charge in [0.15, 0.2) is 5.78 Å². The molecular formula is C14H19FO2. The molecule has 2 nitrogen and oxygen atoms in total. The van der Waals surface area contributed by atoms with E-state index in [4.69, 9.17) is 4.74 Å². The van der Waals surface area contributed by atoms with Crippen LogP contribution >= 0.6 is 0 Å². The van der Waals surface area contributed by atoms with Crippen molar-refractivity contribution in [3.63, 3.8) is 0 Å². The number of halogens is 1. The Balaban J connectivity index is 3.06. The van der Waals surface area contributed by atoms with E-state index in [1.165, 1.54) is 12.1 Å². The smallest absolute Gasteiger partial charge is 0.194 e. The average molecular weight is 238 g/mol. The Hall–Kier alpha value is -1.22. The molecule has 0 aromatic heterocycles. The van der Waals surface area contributed by atoms with Crippen LogP contribution in [0.5, 0.6) is 0 Å². The number of Topliss-reactive ketones (excluding diaryl/α,β-unsaturated/α-hetero) is 1. The highest BCUT2D eigenvalue weighted by molar-refractivity contribution is 6.02. The van der Waals surface area contributed by atoms with Gasteiger partial charge in [0.1, 0.15) is 11.4 Å².